The van der Waals surface area contributed by atoms with E-state index in [0.29, 0.717) is 11.6 Å². The number of aryl methyl sites for hydroxylation is 1. The molecule has 1 aliphatic carbocycles. The minimum atomic E-state index is -0.750. The second-order valence-electron chi connectivity index (χ2n) is 6.29. The van der Waals surface area contributed by atoms with Crippen LogP contribution in [0.3, 0.4) is 0 Å². The van der Waals surface area contributed by atoms with Crippen LogP contribution in [0.4, 0.5) is 0 Å². The van der Waals surface area contributed by atoms with Crippen molar-refractivity contribution in [3.63, 3.8) is 0 Å². The summed E-state index contributed by atoms with van der Waals surface area (Å²) < 4.78 is 0. The molecule has 0 saturated heterocycles. The van der Waals surface area contributed by atoms with Crippen molar-refractivity contribution in [3.8, 4) is 0 Å². The van der Waals surface area contributed by atoms with Gasteiger partial charge in [-0.15, -0.1) is 0 Å². The molecule has 3 nitrogen and oxygen atoms in total. The molecule has 0 amide bonds. The third kappa shape index (κ3) is 2.31. The number of halogens is 1. The highest BCUT2D eigenvalue weighted by molar-refractivity contribution is 6.30. The van der Waals surface area contributed by atoms with Gasteiger partial charge >= 0.3 is 0 Å². The Kier molecular flexibility index (Phi) is 3.53. The van der Waals surface area contributed by atoms with E-state index in [9.17, 15) is 4.79 Å². The summed E-state index contributed by atoms with van der Waals surface area (Å²) in [7, 11) is 0. The average Bonchev–Trinajstić information content (AvgIpc) is 2.94. The Morgan fingerprint density at radius 3 is 2.70 bits per heavy atom. The summed E-state index contributed by atoms with van der Waals surface area (Å²) in [6, 6.07) is 15.6. The molecule has 1 unspecified atom stereocenters. The summed E-state index contributed by atoms with van der Waals surface area (Å²) in [5.74, 6) is 0.116. The molecule has 0 bridgehead atoms. The predicted molar refractivity (Wildman–Crippen MR) is 90.4 cm³/mol. The van der Waals surface area contributed by atoms with Crippen LogP contribution in [-0.4, -0.2) is 17.9 Å². The average molecular weight is 325 g/mol. The van der Waals surface area contributed by atoms with Crippen LogP contribution in [0.25, 0.3) is 0 Å². The Balaban J connectivity index is 1.80. The maximum atomic E-state index is 13.3. The summed E-state index contributed by atoms with van der Waals surface area (Å²) in [4.78, 5) is 13.3. The molecule has 2 atom stereocenters. The third-order valence-electron chi connectivity index (χ3n) is 5.02. The minimum absolute atomic E-state index is 0.00146. The third-order valence-corrected chi connectivity index (χ3v) is 5.27. The molecular formula is C19H17ClN2O. The van der Waals surface area contributed by atoms with E-state index in [4.69, 9.17) is 11.6 Å². The van der Waals surface area contributed by atoms with E-state index in [0.717, 1.165) is 36.0 Å². The van der Waals surface area contributed by atoms with Crippen LogP contribution in [0, 0.1) is 0 Å². The molecule has 1 heterocycles. The Hall–Kier alpha value is -2.00. The Labute approximate surface area is 140 Å². The predicted octanol–water partition coefficient (Wildman–Crippen LogP) is 4.85. The second kappa shape index (κ2) is 5.57. The molecule has 0 N–H and O–H groups in total. The van der Waals surface area contributed by atoms with Crippen molar-refractivity contribution in [2.45, 2.75) is 30.7 Å². The van der Waals surface area contributed by atoms with Gasteiger partial charge in [0.15, 0.2) is 11.3 Å². The standard InChI is InChI=1S/C19H17ClN2O/c20-15-9-7-14(8-10-15)17-12-21-22-19(17)11-3-5-13-4-1-2-6-16(13)18(19)23/h1-2,4,6-10,17H,3,5,11-12H2/t17-,19?/m0/s1. The van der Waals surface area contributed by atoms with E-state index in [2.05, 4.69) is 16.3 Å². The van der Waals surface area contributed by atoms with Crippen LogP contribution in [0.1, 0.15) is 40.2 Å². The van der Waals surface area contributed by atoms with Crippen molar-refractivity contribution in [1.82, 2.24) is 0 Å². The molecule has 0 saturated carbocycles. The number of carbonyl (C=O) groups is 1. The largest absolute Gasteiger partial charge is 0.291 e. The SMILES string of the molecule is O=C1c2ccccc2CCCC12N=NC[C@H]2c1ccc(Cl)cc1. The van der Waals surface area contributed by atoms with Gasteiger partial charge in [0.1, 0.15) is 0 Å². The second-order valence-corrected chi connectivity index (χ2v) is 6.73. The number of hydrogen-bond donors (Lipinski definition) is 0. The van der Waals surface area contributed by atoms with Crippen LogP contribution >= 0.6 is 11.6 Å². The maximum Gasteiger partial charge on any atom is 0.193 e. The molecule has 4 heteroatoms. The number of ketones is 1. The van der Waals surface area contributed by atoms with E-state index in [1.165, 1.54) is 0 Å². The zero-order chi connectivity index (χ0) is 15.9. The van der Waals surface area contributed by atoms with Gasteiger partial charge in [-0.2, -0.15) is 10.2 Å². The van der Waals surface area contributed by atoms with Crippen molar-refractivity contribution < 1.29 is 4.79 Å². The number of Topliss-reactive ketones (excluding diaryl/α,β-unsaturated/α-hetero) is 1. The Morgan fingerprint density at radius 2 is 1.87 bits per heavy atom. The highest BCUT2D eigenvalue weighted by Gasteiger charge is 2.50. The molecule has 2 aromatic carbocycles. The molecule has 116 valence electrons. The number of fused-ring (bicyclic) bond motifs is 1. The summed E-state index contributed by atoms with van der Waals surface area (Å²) >= 11 is 6.00. The number of carbonyl (C=O) groups excluding carboxylic acids is 1. The van der Waals surface area contributed by atoms with Gasteiger partial charge in [-0.25, -0.2) is 0 Å². The van der Waals surface area contributed by atoms with Crippen molar-refractivity contribution in [1.29, 1.82) is 0 Å². The highest BCUT2D eigenvalue weighted by Crippen LogP contribution is 2.45. The fourth-order valence-electron chi connectivity index (χ4n) is 3.83. The van der Waals surface area contributed by atoms with Crippen molar-refractivity contribution in [2.24, 2.45) is 10.2 Å². The monoisotopic (exact) mass is 324 g/mol. The van der Waals surface area contributed by atoms with E-state index < -0.39 is 5.54 Å². The molecule has 1 spiro atoms. The van der Waals surface area contributed by atoms with E-state index in [1.54, 1.807) is 0 Å². The van der Waals surface area contributed by atoms with Gasteiger partial charge in [-0.05, 0) is 42.5 Å². The van der Waals surface area contributed by atoms with E-state index in [-0.39, 0.29) is 11.7 Å². The highest BCUT2D eigenvalue weighted by atomic mass is 35.5. The number of rotatable bonds is 1. The van der Waals surface area contributed by atoms with Gasteiger partial charge in [0.25, 0.3) is 0 Å². The zero-order valence-electron chi connectivity index (χ0n) is 12.7. The molecule has 1 aliphatic heterocycles. The smallest absolute Gasteiger partial charge is 0.193 e. The normalized spacial score (nSPS) is 26.3. The molecule has 0 aromatic heterocycles. The van der Waals surface area contributed by atoms with Crippen LogP contribution in [0.2, 0.25) is 5.02 Å². The number of azo groups is 1. The lowest BCUT2D eigenvalue weighted by molar-refractivity contribution is 0.0870. The molecule has 4 rings (SSSR count). The number of hydrogen-bond acceptors (Lipinski definition) is 3. The first-order valence-electron chi connectivity index (χ1n) is 7.97. The minimum Gasteiger partial charge on any atom is -0.291 e. The number of benzene rings is 2. The summed E-state index contributed by atoms with van der Waals surface area (Å²) in [5, 5.41) is 9.47. The molecule has 2 aliphatic rings. The molecular weight excluding hydrogens is 308 g/mol. The molecule has 2 aromatic rings. The summed E-state index contributed by atoms with van der Waals surface area (Å²) in [5.41, 5.74) is 2.28. The van der Waals surface area contributed by atoms with Crippen LogP contribution < -0.4 is 0 Å². The van der Waals surface area contributed by atoms with Gasteiger partial charge in [0.2, 0.25) is 0 Å². The molecule has 0 radical (unpaired) electrons. The van der Waals surface area contributed by atoms with E-state index in [1.807, 2.05) is 42.5 Å². The lowest BCUT2D eigenvalue weighted by atomic mass is 9.74. The van der Waals surface area contributed by atoms with E-state index >= 15 is 0 Å². The number of nitrogens with zero attached hydrogens (tertiary/aromatic N) is 2. The lowest BCUT2D eigenvalue weighted by Gasteiger charge is -2.29. The van der Waals surface area contributed by atoms with Crippen LogP contribution in [0.5, 0.6) is 0 Å². The quantitative estimate of drug-likeness (QED) is 0.739. The fraction of sp³-hybridized carbons (Fsp3) is 0.316. The van der Waals surface area contributed by atoms with Gasteiger partial charge in [0.05, 0.1) is 6.54 Å². The topological polar surface area (TPSA) is 41.8 Å². The van der Waals surface area contributed by atoms with Crippen molar-refractivity contribution in [2.75, 3.05) is 6.54 Å². The lowest BCUT2D eigenvalue weighted by Crippen LogP contribution is -2.40. The Bertz CT molecular complexity index is 784. The Morgan fingerprint density at radius 1 is 1.09 bits per heavy atom. The fourth-order valence-corrected chi connectivity index (χ4v) is 3.95. The first-order chi connectivity index (χ1) is 11.2. The van der Waals surface area contributed by atoms with Gasteiger partial charge in [-0.1, -0.05) is 48.0 Å². The molecule has 0 fully saturated rings. The molecule has 23 heavy (non-hydrogen) atoms. The van der Waals surface area contributed by atoms with Crippen molar-refractivity contribution in [3.05, 3.63) is 70.2 Å². The summed E-state index contributed by atoms with van der Waals surface area (Å²) in [6.07, 6.45) is 2.62. The van der Waals surface area contributed by atoms with Crippen LogP contribution in [-0.2, 0) is 6.42 Å². The van der Waals surface area contributed by atoms with Gasteiger partial charge in [0, 0.05) is 16.5 Å². The maximum absolute atomic E-state index is 13.3. The zero-order valence-corrected chi connectivity index (χ0v) is 13.5. The van der Waals surface area contributed by atoms with Crippen molar-refractivity contribution >= 4 is 17.4 Å². The van der Waals surface area contributed by atoms with Crippen LogP contribution in [0.15, 0.2) is 58.8 Å². The van der Waals surface area contributed by atoms with Gasteiger partial charge in [-0.3, -0.25) is 4.79 Å². The van der Waals surface area contributed by atoms with Gasteiger partial charge < -0.3 is 0 Å². The first-order valence-corrected chi connectivity index (χ1v) is 8.35. The first kappa shape index (κ1) is 14.6. The summed E-state index contributed by atoms with van der Waals surface area (Å²) in [6.45, 7) is 0.565.